The van der Waals surface area contributed by atoms with Crippen LogP contribution in [0.25, 0.3) is 0 Å². The molecule has 0 aromatic carbocycles. The first kappa shape index (κ1) is 16.7. The predicted molar refractivity (Wildman–Crippen MR) is 87.1 cm³/mol. The zero-order valence-corrected chi connectivity index (χ0v) is 14.3. The standard InChI is InChI=1S/C17H27N3O2/c1-12-10-14(13(2)18-12)15(21)11-19-6-8-20(9-7-19)16(22)17(3,4)5/h10,18H,6-9,11H2,1-5H3. The lowest BCUT2D eigenvalue weighted by Gasteiger charge is -2.37. The molecule has 0 radical (unpaired) electrons. The molecule has 0 spiro atoms. The number of Topliss-reactive ketones (excluding diaryl/α,β-unsaturated/α-hetero) is 1. The Hall–Kier alpha value is -1.62. The molecule has 0 unspecified atom stereocenters. The zero-order valence-electron chi connectivity index (χ0n) is 14.3. The molecule has 0 saturated carbocycles. The van der Waals surface area contributed by atoms with Gasteiger partial charge in [-0.25, -0.2) is 0 Å². The van der Waals surface area contributed by atoms with Gasteiger partial charge in [0.1, 0.15) is 0 Å². The van der Waals surface area contributed by atoms with E-state index in [0.717, 1.165) is 30.0 Å². The number of ketones is 1. The number of aromatic nitrogens is 1. The van der Waals surface area contributed by atoms with Gasteiger partial charge in [0.25, 0.3) is 0 Å². The fourth-order valence-corrected chi connectivity index (χ4v) is 2.89. The van der Waals surface area contributed by atoms with Gasteiger partial charge in [0, 0.05) is 48.5 Å². The predicted octanol–water partition coefficient (Wildman–Crippen LogP) is 2.00. The van der Waals surface area contributed by atoms with Crippen LogP contribution in [0.2, 0.25) is 0 Å². The number of nitrogens with zero attached hydrogens (tertiary/aromatic N) is 2. The van der Waals surface area contributed by atoms with Crippen molar-refractivity contribution < 1.29 is 9.59 Å². The molecule has 1 aromatic rings. The Balaban J connectivity index is 1.89. The van der Waals surface area contributed by atoms with Crippen molar-refractivity contribution in [2.45, 2.75) is 34.6 Å². The van der Waals surface area contributed by atoms with Gasteiger partial charge in [-0.1, -0.05) is 20.8 Å². The summed E-state index contributed by atoms with van der Waals surface area (Å²) < 4.78 is 0. The van der Waals surface area contributed by atoms with Gasteiger partial charge in [0.05, 0.1) is 6.54 Å². The lowest BCUT2D eigenvalue weighted by molar-refractivity contribution is -0.141. The highest BCUT2D eigenvalue weighted by Gasteiger charge is 2.30. The summed E-state index contributed by atoms with van der Waals surface area (Å²) in [7, 11) is 0. The van der Waals surface area contributed by atoms with Gasteiger partial charge in [-0.2, -0.15) is 0 Å². The number of aromatic amines is 1. The van der Waals surface area contributed by atoms with Crippen LogP contribution in [0.15, 0.2) is 6.07 Å². The van der Waals surface area contributed by atoms with Gasteiger partial charge in [-0.3, -0.25) is 14.5 Å². The third kappa shape index (κ3) is 3.77. The number of amides is 1. The second-order valence-electron chi connectivity index (χ2n) is 7.23. The first-order chi connectivity index (χ1) is 10.2. The fraction of sp³-hybridized carbons (Fsp3) is 0.647. The summed E-state index contributed by atoms with van der Waals surface area (Å²) in [6.45, 7) is 13.1. The molecule has 22 heavy (non-hydrogen) atoms. The van der Waals surface area contributed by atoms with Crippen molar-refractivity contribution in [2.75, 3.05) is 32.7 Å². The Bertz CT molecular complexity index is 561. The van der Waals surface area contributed by atoms with Crippen molar-refractivity contribution in [2.24, 2.45) is 5.41 Å². The molecule has 5 nitrogen and oxygen atoms in total. The molecule has 1 amide bonds. The van der Waals surface area contributed by atoms with Crippen LogP contribution in [-0.2, 0) is 4.79 Å². The summed E-state index contributed by atoms with van der Waals surface area (Å²) >= 11 is 0. The SMILES string of the molecule is Cc1cc(C(=O)CN2CCN(C(=O)C(C)(C)C)CC2)c(C)[nH]1. The fourth-order valence-electron chi connectivity index (χ4n) is 2.89. The van der Waals surface area contributed by atoms with Crippen molar-refractivity contribution in [3.8, 4) is 0 Å². The minimum absolute atomic E-state index is 0.150. The minimum atomic E-state index is -0.336. The van der Waals surface area contributed by atoms with Crippen molar-refractivity contribution >= 4 is 11.7 Å². The summed E-state index contributed by atoms with van der Waals surface area (Å²) in [6, 6.07) is 1.91. The highest BCUT2D eigenvalue weighted by Crippen LogP contribution is 2.19. The van der Waals surface area contributed by atoms with Crippen LogP contribution in [0, 0.1) is 19.3 Å². The summed E-state index contributed by atoms with van der Waals surface area (Å²) in [4.78, 5) is 31.9. The molecule has 1 N–H and O–H groups in total. The van der Waals surface area contributed by atoms with E-state index < -0.39 is 0 Å². The molecule has 1 saturated heterocycles. The monoisotopic (exact) mass is 305 g/mol. The van der Waals surface area contributed by atoms with Gasteiger partial charge < -0.3 is 9.88 Å². The van der Waals surface area contributed by atoms with Crippen LogP contribution in [0.1, 0.15) is 42.5 Å². The van der Waals surface area contributed by atoms with Crippen molar-refractivity contribution in [1.82, 2.24) is 14.8 Å². The van der Waals surface area contributed by atoms with Gasteiger partial charge in [0.15, 0.2) is 5.78 Å². The van der Waals surface area contributed by atoms with Crippen LogP contribution in [0.4, 0.5) is 0 Å². The third-order valence-electron chi connectivity index (χ3n) is 4.12. The molecule has 0 atom stereocenters. The van der Waals surface area contributed by atoms with Crippen molar-refractivity contribution in [1.29, 1.82) is 0 Å². The number of piperazine rings is 1. The number of rotatable bonds is 3. The Labute approximate surface area is 132 Å². The molecule has 0 aliphatic carbocycles. The summed E-state index contributed by atoms with van der Waals surface area (Å²) in [5, 5.41) is 0. The van der Waals surface area contributed by atoms with E-state index >= 15 is 0 Å². The molecule has 2 rings (SSSR count). The van der Waals surface area contributed by atoms with E-state index in [2.05, 4.69) is 9.88 Å². The second-order valence-corrected chi connectivity index (χ2v) is 7.23. The van der Waals surface area contributed by atoms with E-state index in [-0.39, 0.29) is 17.1 Å². The molecule has 2 heterocycles. The van der Waals surface area contributed by atoms with Gasteiger partial charge in [0.2, 0.25) is 5.91 Å². The average Bonchev–Trinajstić information content (AvgIpc) is 2.77. The van der Waals surface area contributed by atoms with Crippen LogP contribution >= 0.6 is 0 Å². The van der Waals surface area contributed by atoms with Crippen molar-refractivity contribution in [3.05, 3.63) is 23.0 Å². The molecule has 122 valence electrons. The van der Waals surface area contributed by atoms with E-state index in [1.165, 1.54) is 0 Å². The zero-order chi connectivity index (χ0) is 16.5. The Morgan fingerprint density at radius 1 is 1.14 bits per heavy atom. The van der Waals surface area contributed by atoms with E-state index in [0.29, 0.717) is 19.6 Å². The number of nitrogens with one attached hydrogen (secondary N) is 1. The maximum absolute atomic E-state index is 12.4. The smallest absolute Gasteiger partial charge is 0.228 e. The van der Waals surface area contributed by atoms with E-state index in [4.69, 9.17) is 0 Å². The molecule has 1 fully saturated rings. The Morgan fingerprint density at radius 3 is 2.18 bits per heavy atom. The van der Waals surface area contributed by atoms with Crippen molar-refractivity contribution in [3.63, 3.8) is 0 Å². The third-order valence-corrected chi connectivity index (χ3v) is 4.12. The van der Waals surface area contributed by atoms with E-state index in [1.807, 2.05) is 45.6 Å². The normalized spacial score (nSPS) is 16.9. The topological polar surface area (TPSA) is 56.4 Å². The largest absolute Gasteiger partial charge is 0.362 e. The number of H-pyrrole nitrogens is 1. The first-order valence-corrected chi connectivity index (χ1v) is 7.89. The molecule has 1 aliphatic heterocycles. The lowest BCUT2D eigenvalue weighted by atomic mass is 9.94. The number of carbonyl (C=O) groups excluding carboxylic acids is 2. The molecular weight excluding hydrogens is 278 g/mol. The number of carbonyl (C=O) groups is 2. The molecular formula is C17H27N3O2. The quantitative estimate of drug-likeness (QED) is 0.869. The van der Waals surface area contributed by atoms with E-state index in [9.17, 15) is 9.59 Å². The Kier molecular flexibility index (Phi) is 4.75. The molecule has 1 aromatic heterocycles. The van der Waals surface area contributed by atoms with Gasteiger partial charge >= 0.3 is 0 Å². The summed E-state index contributed by atoms with van der Waals surface area (Å²) in [5.41, 5.74) is 2.40. The highest BCUT2D eigenvalue weighted by molar-refractivity contribution is 5.98. The average molecular weight is 305 g/mol. The van der Waals surface area contributed by atoms with E-state index in [1.54, 1.807) is 0 Å². The van der Waals surface area contributed by atoms with Gasteiger partial charge in [-0.05, 0) is 19.9 Å². The number of hydrogen-bond acceptors (Lipinski definition) is 3. The first-order valence-electron chi connectivity index (χ1n) is 7.89. The van der Waals surface area contributed by atoms with Crippen LogP contribution < -0.4 is 0 Å². The maximum Gasteiger partial charge on any atom is 0.228 e. The maximum atomic E-state index is 12.4. The Morgan fingerprint density at radius 2 is 1.73 bits per heavy atom. The second kappa shape index (κ2) is 6.24. The molecule has 0 bridgehead atoms. The summed E-state index contributed by atoms with van der Waals surface area (Å²) in [6.07, 6.45) is 0. The van der Waals surface area contributed by atoms with Crippen LogP contribution in [0.3, 0.4) is 0 Å². The van der Waals surface area contributed by atoms with Crippen LogP contribution in [0.5, 0.6) is 0 Å². The number of aryl methyl sites for hydroxylation is 2. The lowest BCUT2D eigenvalue weighted by Crippen LogP contribution is -2.52. The van der Waals surface area contributed by atoms with Gasteiger partial charge in [-0.15, -0.1) is 0 Å². The minimum Gasteiger partial charge on any atom is -0.362 e. The molecule has 5 heteroatoms. The summed E-state index contributed by atoms with van der Waals surface area (Å²) in [5.74, 6) is 0.341. The highest BCUT2D eigenvalue weighted by atomic mass is 16.2. The number of hydrogen-bond donors (Lipinski definition) is 1. The molecule has 1 aliphatic rings. The van der Waals surface area contributed by atoms with Crippen LogP contribution in [-0.4, -0.2) is 59.2 Å².